The number of carbonyl (C=O) groups is 2. The number of anilines is 1. The van der Waals surface area contributed by atoms with Crippen LogP contribution in [0.25, 0.3) is 0 Å². The van der Waals surface area contributed by atoms with Crippen LogP contribution in [-0.4, -0.2) is 33.7 Å². The van der Waals surface area contributed by atoms with Crippen molar-refractivity contribution in [3.8, 4) is 5.88 Å². The van der Waals surface area contributed by atoms with Gasteiger partial charge in [-0.2, -0.15) is 0 Å². The number of nitrogens with one attached hydrogen (secondary N) is 2. The Morgan fingerprint density at radius 2 is 1.92 bits per heavy atom. The van der Waals surface area contributed by atoms with Gasteiger partial charge in [0.25, 0.3) is 0 Å². The first-order valence-electron chi connectivity index (χ1n) is 8.29. The van der Waals surface area contributed by atoms with Crippen LogP contribution >= 0.6 is 11.6 Å². The SMILES string of the molecule is CC(C)(C)OC(=O)NC1CCC(C(=O)Nc2cc(Cl)cnc2O)CC1. The van der Waals surface area contributed by atoms with E-state index in [0.29, 0.717) is 30.7 Å². The van der Waals surface area contributed by atoms with Crippen LogP contribution in [0.1, 0.15) is 46.5 Å². The molecule has 1 aromatic heterocycles. The van der Waals surface area contributed by atoms with Gasteiger partial charge in [-0.15, -0.1) is 0 Å². The highest BCUT2D eigenvalue weighted by atomic mass is 35.5. The van der Waals surface area contributed by atoms with Crippen molar-refractivity contribution in [2.24, 2.45) is 5.92 Å². The summed E-state index contributed by atoms with van der Waals surface area (Å²) in [5, 5.41) is 15.5. The summed E-state index contributed by atoms with van der Waals surface area (Å²) >= 11 is 5.82. The Morgan fingerprint density at radius 1 is 1.28 bits per heavy atom. The molecular weight excluding hydrogens is 346 g/mol. The number of nitrogens with zero attached hydrogens (tertiary/aromatic N) is 1. The molecule has 0 aromatic carbocycles. The zero-order chi connectivity index (χ0) is 18.6. The zero-order valence-electron chi connectivity index (χ0n) is 14.6. The first-order valence-corrected chi connectivity index (χ1v) is 8.67. The first-order chi connectivity index (χ1) is 11.6. The second-order valence-corrected chi connectivity index (χ2v) is 7.65. The van der Waals surface area contributed by atoms with E-state index in [1.807, 2.05) is 20.8 Å². The summed E-state index contributed by atoms with van der Waals surface area (Å²) in [5.74, 6) is -0.636. The predicted molar refractivity (Wildman–Crippen MR) is 94.7 cm³/mol. The number of hydrogen-bond donors (Lipinski definition) is 3. The number of rotatable bonds is 3. The minimum absolute atomic E-state index is 0.000129. The molecule has 1 aromatic rings. The van der Waals surface area contributed by atoms with Crippen molar-refractivity contribution in [3.05, 3.63) is 17.3 Å². The smallest absolute Gasteiger partial charge is 0.407 e. The number of hydrogen-bond acceptors (Lipinski definition) is 5. The number of aromatic hydroxyl groups is 1. The van der Waals surface area contributed by atoms with Gasteiger partial charge in [0.2, 0.25) is 11.8 Å². The van der Waals surface area contributed by atoms with E-state index in [-0.39, 0.29) is 29.4 Å². The van der Waals surface area contributed by atoms with Crippen LogP contribution in [0.5, 0.6) is 5.88 Å². The molecule has 25 heavy (non-hydrogen) atoms. The molecule has 0 bridgehead atoms. The molecule has 1 saturated carbocycles. The Labute approximate surface area is 152 Å². The Bertz CT molecular complexity index is 637. The molecule has 138 valence electrons. The maximum atomic E-state index is 12.3. The van der Waals surface area contributed by atoms with Gasteiger partial charge in [0.15, 0.2) is 0 Å². The Kier molecular flexibility index (Phi) is 6.11. The molecule has 3 N–H and O–H groups in total. The molecule has 2 rings (SSSR count). The van der Waals surface area contributed by atoms with Crippen molar-refractivity contribution in [2.45, 2.75) is 58.1 Å². The van der Waals surface area contributed by atoms with Crippen LogP contribution in [0.2, 0.25) is 5.02 Å². The highest BCUT2D eigenvalue weighted by Gasteiger charge is 2.28. The molecule has 1 fully saturated rings. The minimum atomic E-state index is -0.534. The van der Waals surface area contributed by atoms with E-state index < -0.39 is 11.7 Å². The molecule has 1 aliphatic carbocycles. The third-order valence-electron chi connectivity index (χ3n) is 3.91. The number of ether oxygens (including phenoxy) is 1. The molecule has 0 atom stereocenters. The maximum Gasteiger partial charge on any atom is 0.407 e. The predicted octanol–water partition coefficient (Wildman–Crippen LogP) is 3.46. The molecule has 0 radical (unpaired) electrons. The highest BCUT2D eigenvalue weighted by molar-refractivity contribution is 6.30. The number of alkyl carbamates (subject to hydrolysis) is 1. The number of halogens is 1. The van der Waals surface area contributed by atoms with Gasteiger partial charge in [-0.1, -0.05) is 11.6 Å². The number of amides is 2. The van der Waals surface area contributed by atoms with Crippen LogP contribution in [0.4, 0.5) is 10.5 Å². The Hall–Kier alpha value is -2.02. The second kappa shape index (κ2) is 7.91. The average molecular weight is 370 g/mol. The van der Waals surface area contributed by atoms with Crippen molar-refractivity contribution in [3.63, 3.8) is 0 Å². The van der Waals surface area contributed by atoms with Crippen molar-refractivity contribution in [1.82, 2.24) is 10.3 Å². The first kappa shape index (κ1) is 19.3. The topological polar surface area (TPSA) is 101 Å². The Balaban J connectivity index is 1.82. The summed E-state index contributed by atoms with van der Waals surface area (Å²) in [6, 6.07) is 1.46. The van der Waals surface area contributed by atoms with Crippen molar-refractivity contribution >= 4 is 29.3 Å². The van der Waals surface area contributed by atoms with Gasteiger partial charge in [0.05, 0.1) is 5.02 Å². The lowest BCUT2D eigenvalue weighted by Gasteiger charge is -2.29. The second-order valence-electron chi connectivity index (χ2n) is 7.21. The molecule has 8 heteroatoms. The normalized spacial score (nSPS) is 20.6. The fourth-order valence-corrected chi connectivity index (χ4v) is 2.89. The maximum absolute atomic E-state index is 12.3. The van der Waals surface area contributed by atoms with Gasteiger partial charge in [0.1, 0.15) is 11.3 Å². The van der Waals surface area contributed by atoms with E-state index in [0.717, 1.165) is 0 Å². The molecule has 0 aliphatic heterocycles. The fourth-order valence-electron chi connectivity index (χ4n) is 2.73. The number of carbonyl (C=O) groups excluding carboxylic acids is 2. The van der Waals surface area contributed by atoms with Crippen molar-refractivity contribution in [2.75, 3.05) is 5.32 Å². The summed E-state index contributed by atoms with van der Waals surface area (Å²) in [6.45, 7) is 5.44. The van der Waals surface area contributed by atoms with Crippen molar-refractivity contribution in [1.29, 1.82) is 0 Å². The summed E-state index contributed by atoms with van der Waals surface area (Å²) in [6.07, 6.45) is 3.53. The van der Waals surface area contributed by atoms with Gasteiger partial charge >= 0.3 is 6.09 Å². The monoisotopic (exact) mass is 369 g/mol. The molecule has 0 spiro atoms. The summed E-state index contributed by atoms with van der Waals surface area (Å²) < 4.78 is 5.24. The van der Waals surface area contributed by atoms with Crippen LogP contribution in [0.15, 0.2) is 12.3 Å². The molecule has 1 heterocycles. The molecular formula is C17H24ClN3O4. The number of aromatic nitrogens is 1. The zero-order valence-corrected chi connectivity index (χ0v) is 15.4. The van der Waals surface area contributed by atoms with Gasteiger partial charge in [0, 0.05) is 18.2 Å². The summed E-state index contributed by atoms with van der Waals surface area (Å²) in [4.78, 5) is 27.8. The van der Waals surface area contributed by atoms with Crippen LogP contribution < -0.4 is 10.6 Å². The van der Waals surface area contributed by atoms with E-state index in [1.165, 1.54) is 12.3 Å². The van der Waals surface area contributed by atoms with Crippen LogP contribution in [0, 0.1) is 5.92 Å². The van der Waals surface area contributed by atoms with Gasteiger partial charge in [-0.3, -0.25) is 4.79 Å². The van der Waals surface area contributed by atoms with Gasteiger partial charge in [-0.05, 0) is 52.5 Å². The van der Waals surface area contributed by atoms with Gasteiger partial charge in [-0.25, -0.2) is 9.78 Å². The fraction of sp³-hybridized carbons (Fsp3) is 0.588. The molecule has 1 aliphatic rings. The summed E-state index contributed by atoms with van der Waals surface area (Å²) in [7, 11) is 0. The average Bonchev–Trinajstić information content (AvgIpc) is 2.49. The lowest BCUT2D eigenvalue weighted by molar-refractivity contribution is -0.120. The standard InChI is InChI=1S/C17H24ClN3O4/c1-17(2,3)25-16(24)20-12-6-4-10(5-7-12)14(22)21-13-8-11(18)9-19-15(13)23/h8-10,12H,4-7H2,1-3H3,(H,19,23)(H,20,24)(H,21,22). The molecule has 0 saturated heterocycles. The van der Waals surface area contributed by atoms with Crippen LogP contribution in [0.3, 0.4) is 0 Å². The third kappa shape index (κ3) is 6.08. The van der Waals surface area contributed by atoms with E-state index in [1.54, 1.807) is 0 Å². The number of pyridine rings is 1. The lowest BCUT2D eigenvalue weighted by atomic mass is 9.85. The van der Waals surface area contributed by atoms with E-state index >= 15 is 0 Å². The van der Waals surface area contributed by atoms with E-state index in [4.69, 9.17) is 16.3 Å². The molecule has 7 nitrogen and oxygen atoms in total. The van der Waals surface area contributed by atoms with E-state index in [9.17, 15) is 14.7 Å². The minimum Gasteiger partial charge on any atom is -0.492 e. The Morgan fingerprint density at radius 3 is 2.52 bits per heavy atom. The largest absolute Gasteiger partial charge is 0.492 e. The van der Waals surface area contributed by atoms with Crippen LogP contribution in [-0.2, 0) is 9.53 Å². The highest BCUT2D eigenvalue weighted by Crippen LogP contribution is 2.28. The van der Waals surface area contributed by atoms with E-state index in [2.05, 4.69) is 15.6 Å². The van der Waals surface area contributed by atoms with Crippen molar-refractivity contribution < 1.29 is 19.4 Å². The quantitative estimate of drug-likeness (QED) is 0.757. The summed E-state index contributed by atoms with van der Waals surface area (Å²) in [5.41, 5.74) is -0.333. The third-order valence-corrected chi connectivity index (χ3v) is 4.12. The molecule has 0 unspecified atom stereocenters. The van der Waals surface area contributed by atoms with Gasteiger partial charge < -0.3 is 20.5 Å². The molecule has 2 amide bonds. The lowest BCUT2D eigenvalue weighted by Crippen LogP contribution is -2.42.